The lowest BCUT2D eigenvalue weighted by molar-refractivity contribution is 0.122. The monoisotopic (exact) mass is 456 g/mol. The summed E-state index contributed by atoms with van der Waals surface area (Å²) in [5, 5.41) is 12.6. The second-order valence-corrected chi connectivity index (χ2v) is 8.16. The number of rotatable bonds is 5. The highest BCUT2D eigenvalue weighted by Gasteiger charge is 2.17. The summed E-state index contributed by atoms with van der Waals surface area (Å²) in [5.74, 6) is 2.65. The first kappa shape index (κ1) is 20.4. The maximum Gasteiger partial charge on any atom is 0.229 e. The molecule has 0 saturated carbocycles. The summed E-state index contributed by atoms with van der Waals surface area (Å²) >= 11 is 0. The number of fused-ring (bicyclic) bond motifs is 2. The zero-order valence-electron chi connectivity index (χ0n) is 18.9. The standard InChI is InChI=1S/C24H24N8O2/c1-25-23-17-13-26-22(29-21-5-6-31(2)30-21)12-16(17)18(14-27-23)24-28-19-11-15(3-4-20(19)34-24)32-7-9-33-10-8-32/h3-6,11-14H,7-10H2,1-2H3,(H,25,27)(H,26,29,30). The van der Waals surface area contributed by atoms with Gasteiger partial charge in [-0.15, -0.1) is 0 Å². The second kappa shape index (κ2) is 8.31. The van der Waals surface area contributed by atoms with Crippen LogP contribution in [0.5, 0.6) is 0 Å². The van der Waals surface area contributed by atoms with Crippen LogP contribution in [0.4, 0.5) is 23.1 Å². The Morgan fingerprint density at radius 1 is 0.971 bits per heavy atom. The van der Waals surface area contributed by atoms with Crippen LogP contribution in [-0.2, 0) is 11.8 Å². The van der Waals surface area contributed by atoms with Crippen molar-refractivity contribution in [1.29, 1.82) is 0 Å². The molecule has 10 nitrogen and oxygen atoms in total. The number of nitrogens with one attached hydrogen (secondary N) is 2. The van der Waals surface area contributed by atoms with Gasteiger partial charge < -0.3 is 24.7 Å². The Morgan fingerprint density at radius 3 is 2.65 bits per heavy atom. The molecule has 0 bridgehead atoms. The van der Waals surface area contributed by atoms with Crippen LogP contribution in [-0.4, -0.2) is 58.1 Å². The maximum atomic E-state index is 6.17. The number of aromatic nitrogens is 5. The topological polar surface area (TPSA) is 106 Å². The Hall–Kier alpha value is -4.18. The van der Waals surface area contributed by atoms with Gasteiger partial charge in [-0.2, -0.15) is 5.10 Å². The smallest absolute Gasteiger partial charge is 0.229 e. The van der Waals surface area contributed by atoms with Crippen LogP contribution in [0.2, 0.25) is 0 Å². The fraction of sp³-hybridized carbons (Fsp3) is 0.250. The molecule has 0 atom stereocenters. The fourth-order valence-corrected chi connectivity index (χ4v) is 4.24. The molecule has 1 fully saturated rings. The number of hydrogen-bond donors (Lipinski definition) is 2. The lowest BCUT2D eigenvalue weighted by atomic mass is 10.1. The number of ether oxygens (including phenoxy) is 1. The van der Waals surface area contributed by atoms with Crippen LogP contribution in [0.25, 0.3) is 33.3 Å². The highest BCUT2D eigenvalue weighted by molar-refractivity contribution is 6.01. The average molecular weight is 457 g/mol. The van der Waals surface area contributed by atoms with E-state index in [1.807, 2.05) is 38.5 Å². The third-order valence-electron chi connectivity index (χ3n) is 5.96. The van der Waals surface area contributed by atoms with Crippen molar-refractivity contribution in [3.05, 3.63) is 48.9 Å². The van der Waals surface area contributed by atoms with Gasteiger partial charge in [-0.1, -0.05) is 0 Å². The molecule has 1 saturated heterocycles. The molecule has 0 amide bonds. The number of hydrogen-bond acceptors (Lipinski definition) is 9. The predicted molar refractivity (Wildman–Crippen MR) is 132 cm³/mol. The van der Waals surface area contributed by atoms with E-state index in [0.29, 0.717) is 11.7 Å². The number of anilines is 4. The van der Waals surface area contributed by atoms with E-state index in [1.165, 1.54) is 0 Å². The molecule has 2 N–H and O–H groups in total. The molecule has 0 spiro atoms. The van der Waals surface area contributed by atoms with E-state index in [9.17, 15) is 0 Å². The summed E-state index contributed by atoms with van der Waals surface area (Å²) in [7, 11) is 3.72. The van der Waals surface area contributed by atoms with Crippen molar-refractivity contribution in [3.8, 4) is 11.5 Å². The molecule has 1 aliphatic heterocycles. The van der Waals surface area contributed by atoms with Gasteiger partial charge in [-0.25, -0.2) is 15.0 Å². The van der Waals surface area contributed by atoms with Crippen LogP contribution in [0, 0.1) is 0 Å². The van der Waals surface area contributed by atoms with Crippen molar-refractivity contribution < 1.29 is 9.15 Å². The van der Waals surface area contributed by atoms with Crippen molar-refractivity contribution in [2.75, 3.05) is 48.9 Å². The van der Waals surface area contributed by atoms with E-state index in [4.69, 9.17) is 14.1 Å². The summed E-state index contributed by atoms with van der Waals surface area (Å²) in [5.41, 5.74) is 3.46. The normalized spacial score (nSPS) is 14.1. The summed E-state index contributed by atoms with van der Waals surface area (Å²) in [6.07, 6.45) is 5.45. The predicted octanol–water partition coefficient (Wildman–Crippen LogP) is 3.79. The number of benzene rings is 1. The van der Waals surface area contributed by atoms with Gasteiger partial charge in [0.05, 0.1) is 18.8 Å². The van der Waals surface area contributed by atoms with Crippen molar-refractivity contribution in [3.63, 3.8) is 0 Å². The largest absolute Gasteiger partial charge is 0.436 e. The molecular weight excluding hydrogens is 432 g/mol. The Morgan fingerprint density at radius 2 is 1.85 bits per heavy atom. The van der Waals surface area contributed by atoms with Crippen molar-refractivity contribution in [2.45, 2.75) is 0 Å². The van der Waals surface area contributed by atoms with Crippen LogP contribution in [0.1, 0.15) is 0 Å². The second-order valence-electron chi connectivity index (χ2n) is 8.16. The van der Waals surface area contributed by atoms with E-state index in [1.54, 1.807) is 17.1 Å². The lowest BCUT2D eigenvalue weighted by Gasteiger charge is -2.28. The Bertz CT molecular complexity index is 1490. The zero-order chi connectivity index (χ0) is 23.1. The van der Waals surface area contributed by atoms with Gasteiger partial charge in [0.15, 0.2) is 11.4 Å². The number of aryl methyl sites for hydroxylation is 1. The highest BCUT2D eigenvalue weighted by Crippen LogP contribution is 2.35. The van der Waals surface area contributed by atoms with Crippen molar-refractivity contribution in [2.24, 2.45) is 7.05 Å². The third-order valence-corrected chi connectivity index (χ3v) is 5.96. The summed E-state index contributed by atoms with van der Waals surface area (Å²) in [6, 6.07) is 9.98. The van der Waals surface area contributed by atoms with E-state index in [2.05, 4.69) is 42.7 Å². The quantitative estimate of drug-likeness (QED) is 0.408. The summed E-state index contributed by atoms with van der Waals surface area (Å²) < 4.78 is 13.4. The van der Waals surface area contributed by atoms with Crippen LogP contribution in [0.15, 0.2) is 53.3 Å². The van der Waals surface area contributed by atoms with Gasteiger partial charge in [0.2, 0.25) is 5.89 Å². The number of morpholine rings is 1. The Balaban J connectivity index is 1.42. The fourth-order valence-electron chi connectivity index (χ4n) is 4.24. The number of pyridine rings is 2. The highest BCUT2D eigenvalue weighted by atomic mass is 16.5. The van der Waals surface area contributed by atoms with E-state index in [-0.39, 0.29) is 0 Å². The van der Waals surface area contributed by atoms with Crippen LogP contribution >= 0.6 is 0 Å². The number of oxazole rings is 1. The molecule has 10 heteroatoms. The molecule has 0 radical (unpaired) electrons. The molecule has 0 aliphatic carbocycles. The maximum absolute atomic E-state index is 6.17. The van der Waals surface area contributed by atoms with E-state index >= 15 is 0 Å². The van der Waals surface area contributed by atoms with Gasteiger partial charge in [-0.3, -0.25) is 4.68 Å². The Kier molecular flexibility index (Phi) is 4.99. The SMILES string of the molecule is CNc1ncc(-c2nc3cc(N4CCOCC4)ccc3o2)c2cc(Nc3ccn(C)n3)ncc12. The molecule has 6 rings (SSSR count). The molecule has 5 aromatic rings. The first-order valence-electron chi connectivity index (χ1n) is 11.1. The lowest BCUT2D eigenvalue weighted by Crippen LogP contribution is -2.36. The molecule has 172 valence electrons. The van der Waals surface area contributed by atoms with E-state index < -0.39 is 0 Å². The molecule has 5 heterocycles. The van der Waals surface area contributed by atoms with Crippen LogP contribution < -0.4 is 15.5 Å². The summed E-state index contributed by atoms with van der Waals surface area (Å²) in [4.78, 5) is 16.2. The minimum absolute atomic E-state index is 0.518. The molecule has 34 heavy (non-hydrogen) atoms. The van der Waals surface area contributed by atoms with Gasteiger partial charge in [0.1, 0.15) is 17.2 Å². The molecule has 1 aromatic carbocycles. The first-order valence-corrected chi connectivity index (χ1v) is 11.1. The molecule has 1 aliphatic rings. The van der Waals surface area contributed by atoms with Crippen LogP contribution in [0.3, 0.4) is 0 Å². The zero-order valence-corrected chi connectivity index (χ0v) is 18.9. The van der Waals surface area contributed by atoms with E-state index in [0.717, 1.165) is 71.1 Å². The van der Waals surface area contributed by atoms with Gasteiger partial charge in [0, 0.05) is 68.3 Å². The minimum atomic E-state index is 0.518. The van der Waals surface area contributed by atoms with Crippen molar-refractivity contribution in [1.82, 2.24) is 24.7 Å². The Labute approximate surface area is 195 Å². The first-order chi connectivity index (χ1) is 16.7. The van der Waals surface area contributed by atoms with Gasteiger partial charge >= 0.3 is 0 Å². The molecule has 4 aromatic heterocycles. The number of nitrogens with zero attached hydrogens (tertiary/aromatic N) is 6. The minimum Gasteiger partial charge on any atom is -0.436 e. The molecule has 0 unspecified atom stereocenters. The summed E-state index contributed by atoms with van der Waals surface area (Å²) in [6.45, 7) is 3.21. The molecular formula is C24H24N8O2. The van der Waals surface area contributed by atoms with Gasteiger partial charge in [-0.05, 0) is 24.3 Å². The third kappa shape index (κ3) is 3.67. The van der Waals surface area contributed by atoms with Gasteiger partial charge in [0.25, 0.3) is 0 Å². The van der Waals surface area contributed by atoms with Crippen molar-refractivity contribution >= 4 is 45.0 Å². The average Bonchev–Trinajstić information content (AvgIpc) is 3.48.